The van der Waals surface area contributed by atoms with Gasteiger partial charge in [-0.3, -0.25) is 15.0 Å². The molecule has 9 heteroatoms. The number of nitrogens with one attached hydrogen (secondary N) is 1. The van der Waals surface area contributed by atoms with Gasteiger partial charge in [-0.05, 0) is 18.2 Å². The number of carboxylic acids is 2. The van der Waals surface area contributed by atoms with Crippen molar-refractivity contribution in [3.8, 4) is 0 Å². The molecule has 1 aromatic rings. The molecule has 0 aliphatic heterocycles. The summed E-state index contributed by atoms with van der Waals surface area (Å²) in [7, 11) is 0. The number of hydrazone groups is 1. The number of hydrogen-bond donors (Lipinski definition) is 3. The number of hydrogen-bond acceptors (Lipinski definition) is 5. The summed E-state index contributed by atoms with van der Waals surface area (Å²) in [5.41, 5.74) is 1.67. The van der Waals surface area contributed by atoms with E-state index in [-0.39, 0.29) is 5.02 Å². The Morgan fingerprint density at radius 3 is 2.30 bits per heavy atom. The van der Waals surface area contributed by atoms with Crippen LogP contribution in [0.3, 0.4) is 0 Å². The lowest BCUT2D eigenvalue weighted by Gasteiger charge is -2.04. The molecule has 106 valence electrons. The summed E-state index contributed by atoms with van der Waals surface area (Å²) >= 11 is 11.4. The van der Waals surface area contributed by atoms with Crippen molar-refractivity contribution in [1.29, 1.82) is 0 Å². The molecule has 0 radical (unpaired) electrons. The SMILES string of the molecule is O=C(O)CC(=O)C(=NNc1ccc(Cl)c(Cl)c1)C(=O)O. The highest BCUT2D eigenvalue weighted by Gasteiger charge is 2.22. The lowest BCUT2D eigenvalue weighted by molar-refractivity contribution is -0.139. The number of aliphatic carboxylic acids is 2. The molecule has 3 N–H and O–H groups in total. The van der Waals surface area contributed by atoms with E-state index in [0.717, 1.165) is 0 Å². The van der Waals surface area contributed by atoms with Crippen molar-refractivity contribution in [2.24, 2.45) is 5.10 Å². The third-order valence-corrected chi connectivity index (χ3v) is 2.73. The lowest BCUT2D eigenvalue weighted by atomic mass is 10.2. The molecule has 0 spiro atoms. The zero-order chi connectivity index (χ0) is 15.3. The first-order chi connectivity index (χ1) is 9.31. The van der Waals surface area contributed by atoms with E-state index in [1.54, 1.807) is 0 Å². The van der Waals surface area contributed by atoms with Crippen LogP contribution >= 0.6 is 23.2 Å². The minimum absolute atomic E-state index is 0.209. The molecule has 0 fully saturated rings. The van der Waals surface area contributed by atoms with Crippen molar-refractivity contribution in [3.05, 3.63) is 28.2 Å². The predicted octanol–water partition coefficient (Wildman–Crippen LogP) is 1.89. The number of Topliss-reactive ketones (excluding diaryl/α,β-unsaturated/α-hetero) is 1. The zero-order valence-electron chi connectivity index (χ0n) is 9.76. The van der Waals surface area contributed by atoms with Crippen molar-refractivity contribution < 1.29 is 24.6 Å². The summed E-state index contributed by atoms with van der Waals surface area (Å²) in [5, 5.41) is 21.1. The fraction of sp³-hybridized carbons (Fsp3) is 0.0909. The van der Waals surface area contributed by atoms with E-state index in [0.29, 0.717) is 10.7 Å². The van der Waals surface area contributed by atoms with Gasteiger partial charge in [0, 0.05) is 0 Å². The van der Waals surface area contributed by atoms with Gasteiger partial charge in [-0.15, -0.1) is 0 Å². The summed E-state index contributed by atoms with van der Waals surface area (Å²) in [6, 6.07) is 4.27. The molecule has 0 amide bonds. The van der Waals surface area contributed by atoms with Crippen LogP contribution in [-0.4, -0.2) is 33.6 Å². The molecule has 20 heavy (non-hydrogen) atoms. The first kappa shape index (κ1) is 15.9. The predicted molar refractivity (Wildman–Crippen MR) is 72.4 cm³/mol. The monoisotopic (exact) mass is 318 g/mol. The van der Waals surface area contributed by atoms with Crippen molar-refractivity contribution in [1.82, 2.24) is 0 Å². The second-order valence-electron chi connectivity index (χ2n) is 3.50. The number of halogens is 2. The molecule has 0 aromatic heterocycles. The quantitative estimate of drug-likeness (QED) is 0.419. The highest BCUT2D eigenvalue weighted by molar-refractivity contribution is 6.65. The Balaban J connectivity index is 2.92. The molecule has 0 aliphatic carbocycles. The smallest absolute Gasteiger partial charge is 0.360 e. The van der Waals surface area contributed by atoms with E-state index in [2.05, 4.69) is 10.5 Å². The van der Waals surface area contributed by atoms with E-state index in [9.17, 15) is 14.4 Å². The maximum atomic E-state index is 11.4. The molecule has 1 aromatic carbocycles. The summed E-state index contributed by atoms with van der Waals surface area (Å²) in [5.74, 6) is -4.21. The summed E-state index contributed by atoms with van der Waals surface area (Å²) < 4.78 is 0. The third-order valence-electron chi connectivity index (χ3n) is 1.99. The van der Waals surface area contributed by atoms with Crippen LogP contribution in [0, 0.1) is 0 Å². The van der Waals surface area contributed by atoms with Gasteiger partial charge in [0.25, 0.3) is 0 Å². The zero-order valence-corrected chi connectivity index (χ0v) is 11.3. The Morgan fingerprint density at radius 1 is 1.15 bits per heavy atom. The van der Waals surface area contributed by atoms with Crippen LogP contribution in [0.5, 0.6) is 0 Å². The van der Waals surface area contributed by atoms with Gasteiger partial charge >= 0.3 is 11.9 Å². The van der Waals surface area contributed by atoms with E-state index in [4.69, 9.17) is 33.4 Å². The first-order valence-electron chi connectivity index (χ1n) is 5.08. The lowest BCUT2D eigenvalue weighted by Crippen LogP contribution is -2.27. The van der Waals surface area contributed by atoms with Gasteiger partial charge in [-0.25, -0.2) is 4.79 Å². The largest absolute Gasteiger partial charge is 0.481 e. The van der Waals surface area contributed by atoms with Gasteiger partial charge in [0.15, 0.2) is 0 Å². The Bertz CT molecular complexity index is 600. The van der Waals surface area contributed by atoms with Gasteiger partial charge in [0.05, 0.1) is 15.7 Å². The molecule has 1 rings (SSSR count). The Morgan fingerprint density at radius 2 is 1.80 bits per heavy atom. The molecule has 0 aliphatic rings. The van der Waals surface area contributed by atoms with E-state index >= 15 is 0 Å². The standard InChI is InChI=1S/C11H8Cl2N2O5/c12-6-2-1-5(3-7(6)13)14-15-10(11(19)20)8(16)4-9(17)18/h1-3,14H,4H2,(H,17,18)(H,19,20). The topological polar surface area (TPSA) is 116 Å². The van der Waals surface area contributed by atoms with Crippen molar-refractivity contribution >= 4 is 52.3 Å². The molecule has 7 nitrogen and oxygen atoms in total. The molecule has 0 unspecified atom stereocenters. The van der Waals surface area contributed by atoms with E-state index < -0.39 is 29.9 Å². The molecule has 0 atom stereocenters. The average Bonchev–Trinajstić information content (AvgIpc) is 2.32. The number of benzene rings is 1. The fourth-order valence-electron chi connectivity index (χ4n) is 1.14. The maximum Gasteiger partial charge on any atom is 0.360 e. The number of rotatable bonds is 6. The normalized spacial score (nSPS) is 11.0. The van der Waals surface area contributed by atoms with Gasteiger partial charge in [-0.2, -0.15) is 5.10 Å². The second kappa shape index (κ2) is 6.88. The highest BCUT2D eigenvalue weighted by atomic mass is 35.5. The van der Waals surface area contributed by atoms with Crippen LogP contribution in [0.15, 0.2) is 23.3 Å². The van der Waals surface area contributed by atoms with E-state index in [1.165, 1.54) is 18.2 Å². The number of ketones is 1. The van der Waals surface area contributed by atoms with Crippen molar-refractivity contribution in [2.75, 3.05) is 5.43 Å². The van der Waals surface area contributed by atoms with Gasteiger partial charge in [0.2, 0.25) is 11.5 Å². The second-order valence-corrected chi connectivity index (χ2v) is 4.31. The number of carboxylic acid groups (broad SMARTS) is 2. The highest BCUT2D eigenvalue weighted by Crippen LogP contribution is 2.24. The van der Waals surface area contributed by atoms with Crippen LogP contribution in [0.2, 0.25) is 10.0 Å². The van der Waals surface area contributed by atoms with Gasteiger partial charge in [0.1, 0.15) is 6.42 Å². The van der Waals surface area contributed by atoms with Crippen LogP contribution in [0.1, 0.15) is 6.42 Å². The van der Waals surface area contributed by atoms with Crippen LogP contribution in [0.25, 0.3) is 0 Å². The Kier molecular flexibility index (Phi) is 5.48. The fourth-order valence-corrected chi connectivity index (χ4v) is 1.43. The molecular formula is C11H8Cl2N2O5. The summed E-state index contributed by atoms with van der Waals surface area (Å²) in [4.78, 5) is 32.6. The molecule has 0 bridgehead atoms. The van der Waals surface area contributed by atoms with Crippen molar-refractivity contribution in [3.63, 3.8) is 0 Å². The number of carbonyl (C=O) groups is 3. The minimum Gasteiger partial charge on any atom is -0.481 e. The molecule has 0 heterocycles. The molecular weight excluding hydrogens is 311 g/mol. The Hall–Kier alpha value is -2.12. The van der Waals surface area contributed by atoms with Gasteiger partial charge < -0.3 is 10.2 Å². The van der Waals surface area contributed by atoms with Crippen LogP contribution in [-0.2, 0) is 14.4 Å². The van der Waals surface area contributed by atoms with Gasteiger partial charge in [-0.1, -0.05) is 23.2 Å². The Labute approximate surface area is 122 Å². The van der Waals surface area contributed by atoms with E-state index in [1.807, 2.05) is 0 Å². The first-order valence-corrected chi connectivity index (χ1v) is 5.84. The van der Waals surface area contributed by atoms with Crippen LogP contribution in [0.4, 0.5) is 5.69 Å². The maximum absolute atomic E-state index is 11.4. The van der Waals surface area contributed by atoms with Crippen LogP contribution < -0.4 is 5.43 Å². The van der Waals surface area contributed by atoms with Crippen molar-refractivity contribution in [2.45, 2.75) is 6.42 Å². The summed E-state index contributed by atoms with van der Waals surface area (Å²) in [6.07, 6.45) is -0.964. The number of carbonyl (C=O) groups excluding carboxylic acids is 1. The average molecular weight is 319 g/mol. The third kappa shape index (κ3) is 4.52. The molecule has 0 saturated carbocycles. The summed E-state index contributed by atoms with van der Waals surface area (Å²) in [6.45, 7) is 0. The molecule has 0 saturated heterocycles. The minimum atomic E-state index is -1.64. The number of anilines is 1. The number of nitrogens with zero attached hydrogens (tertiary/aromatic N) is 1.